The van der Waals surface area contributed by atoms with Crippen molar-refractivity contribution < 1.29 is 19.1 Å². The van der Waals surface area contributed by atoms with Crippen molar-refractivity contribution in [1.29, 1.82) is 5.26 Å². The zero-order chi connectivity index (χ0) is 22.2. The molecule has 0 aliphatic carbocycles. The van der Waals surface area contributed by atoms with Gasteiger partial charge in [0.15, 0.2) is 6.10 Å². The average molecular weight is 415 g/mol. The molecule has 3 aromatic carbocycles. The smallest absolute Gasteiger partial charge is 0.265 e. The van der Waals surface area contributed by atoms with Crippen LogP contribution < -0.4 is 20.1 Å². The van der Waals surface area contributed by atoms with E-state index in [1.807, 2.05) is 6.07 Å². The van der Waals surface area contributed by atoms with Crippen molar-refractivity contribution >= 4 is 23.2 Å². The third kappa shape index (κ3) is 5.84. The van der Waals surface area contributed by atoms with E-state index in [1.54, 1.807) is 86.8 Å². The molecule has 7 heteroatoms. The Bertz CT molecular complexity index is 1100. The summed E-state index contributed by atoms with van der Waals surface area (Å²) in [6.45, 7) is 1.62. The van der Waals surface area contributed by atoms with Gasteiger partial charge in [0.25, 0.3) is 11.8 Å². The van der Waals surface area contributed by atoms with Crippen LogP contribution in [0.4, 0.5) is 11.4 Å². The molecule has 156 valence electrons. The van der Waals surface area contributed by atoms with Gasteiger partial charge in [-0.1, -0.05) is 6.07 Å². The predicted molar refractivity (Wildman–Crippen MR) is 117 cm³/mol. The summed E-state index contributed by atoms with van der Waals surface area (Å²) < 4.78 is 10.7. The average Bonchev–Trinajstić information content (AvgIpc) is 2.80. The molecular weight excluding hydrogens is 394 g/mol. The zero-order valence-corrected chi connectivity index (χ0v) is 17.1. The number of hydrogen-bond acceptors (Lipinski definition) is 5. The summed E-state index contributed by atoms with van der Waals surface area (Å²) in [7, 11) is 1.58. The van der Waals surface area contributed by atoms with E-state index >= 15 is 0 Å². The van der Waals surface area contributed by atoms with Crippen LogP contribution in [-0.4, -0.2) is 25.0 Å². The Morgan fingerprint density at radius 1 is 0.903 bits per heavy atom. The largest absolute Gasteiger partial charge is 0.497 e. The minimum absolute atomic E-state index is 0.267. The van der Waals surface area contributed by atoms with Gasteiger partial charge < -0.3 is 20.1 Å². The van der Waals surface area contributed by atoms with Gasteiger partial charge in [0.2, 0.25) is 0 Å². The highest BCUT2D eigenvalue weighted by Gasteiger charge is 2.15. The molecular formula is C24H21N3O4. The molecule has 0 heterocycles. The number of hydrogen-bond donors (Lipinski definition) is 2. The Kier molecular flexibility index (Phi) is 6.86. The topological polar surface area (TPSA) is 100 Å². The number of nitrogens with one attached hydrogen (secondary N) is 2. The van der Waals surface area contributed by atoms with E-state index in [1.165, 1.54) is 0 Å². The number of ether oxygens (including phenoxy) is 2. The Hall–Kier alpha value is -4.31. The molecule has 0 aliphatic rings. The number of nitriles is 1. The van der Waals surface area contributed by atoms with E-state index < -0.39 is 6.10 Å². The molecule has 31 heavy (non-hydrogen) atoms. The summed E-state index contributed by atoms with van der Waals surface area (Å²) in [4.78, 5) is 24.8. The molecule has 3 rings (SSSR count). The minimum atomic E-state index is -0.771. The van der Waals surface area contributed by atoms with E-state index in [0.29, 0.717) is 34.0 Å². The second-order valence-electron chi connectivity index (χ2n) is 6.65. The van der Waals surface area contributed by atoms with Crippen molar-refractivity contribution in [2.75, 3.05) is 17.7 Å². The van der Waals surface area contributed by atoms with Gasteiger partial charge in [0.1, 0.15) is 11.5 Å². The molecule has 7 nitrogen and oxygen atoms in total. The zero-order valence-electron chi connectivity index (χ0n) is 17.1. The highest BCUT2D eigenvalue weighted by atomic mass is 16.5. The van der Waals surface area contributed by atoms with Crippen LogP contribution in [0, 0.1) is 11.3 Å². The lowest BCUT2D eigenvalue weighted by Crippen LogP contribution is -2.30. The van der Waals surface area contributed by atoms with E-state index in [-0.39, 0.29) is 11.8 Å². The number of carbonyl (C=O) groups is 2. The Morgan fingerprint density at radius 2 is 1.55 bits per heavy atom. The molecule has 1 unspecified atom stereocenters. The molecule has 0 fully saturated rings. The van der Waals surface area contributed by atoms with Crippen LogP contribution in [0.15, 0.2) is 72.8 Å². The normalized spacial score (nSPS) is 11.0. The number of rotatable bonds is 7. The summed E-state index contributed by atoms with van der Waals surface area (Å²) in [6, 6.07) is 22.2. The van der Waals surface area contributed by atoms with E-state index in [9.17, 15) is 9.59 Å². The maximum atomic E-state index is 12.4. The van der Waals surface area contributed by atoms with Crippen molar-refractivity contribution in [1.82, 2.24) is 0 Å². The lowest BCUT2D eigenvalue weighted by molar-refractivity contribution is -0.122. The number of carbonyl (C=O) groups excluding carboxylic acids is 2. The standard InChI is InChI=1S/C24H21N3O4/c1-16(31-22-5-3-4-17(14-22)15-25)23(28)26-19-8-6-18(7-9-19)24(29)27-20-10-12-21(30-2)13-11-20/h3-14,16H,1-2H3,(H,26,28)(H,27,29). The van der Waals surface area contributed by atoms with Gasteiger partial charge in [-0.15, -0.1) is 0 Å². The number of amides is 2. The summed E-state index contributed by atoms with van der Waals surface area (Å²) in [5.74, 6) is 0.524. The first kappa shape index (κ1) is 21.4. The number of benzene rings is 3. The third-order valence-corrected chi connectivity index (χ3v) is 4.41. The van der Waals surface area contributed by atoms with Gasteiger partial charge in [-0.25, -0.2) is 0 Å². The van der Waals surface area contributed by atoms with Crippen LogP contribution in [0.2, 0.25) is 0 Å². The van der Waals surface area contributed by atoms with Crippen molar-refractivity contribution in [3.8, 4) is 17.6 Å². The van der Waals surface area contributed by atoms with Crippen molar-refractivity contribution in [2.24, 2.45) is 0 Å². The first-order valence-corrected chi connectivity index (χ1v) is 9.51. The molecule has 0 saturated carbocycles. The van der Waals surface area contributed by atoms with Crippen molar-refractivity contribution in [2.45, 2.75) is 13.0 Å². The molecule has 1 atom stereocenters. The van der Waals surface area contributed by atoms with Crippen LogP contribution in [0.25, 0.3) is 0 Å². The molecule has 0 spiro atoms. The maximum Gasteiger partial charge on any atom is 0.265 e. The van der Waals surface area contributed by atoms with Gasteiger partial charge in [0, 0.05) is 16.9 Å². The highest BCUT2D eigenvalue weighted by molar-refractivity contribution is 6.04. The van der Waals surface area contributed by atoms with E-state index in [0.717, 1.165) is 0 Å². The van der Waals surface area contributed by atoms with Crippen LogP contribution in [-0.2, 0) is 4.79 Å². The lowest BCUT2D eigenvalue weighted by atomic mass is 10.2. The van der Waals surface area contributed by atoms with Crippen LogP contribution >= 0.6 is 0 Å². The summed E-state index contributed by atoms with van der Waals surface area (Å²) in [5, 5.41) is 14.5. The first-order valence-electron chi connectivity index (χ1n) is 9.51. The predicted octanol–water partition coefficient (Wildman–Crippen LogP) is 4.23. The van der Waals surface area contributed by atoms with Gasteiger partial charge in [0.05, 0.1) is 18.7 Å². The Labute approximate surface area is 180 Å². The fraction of sp³-hybridized carbons (Fsp3) is 0.125. The molecule has 0 aliphatic heterocycles. The number of methoxy groups -OCH3 is 1. The van der Waals surface area contributed by atoms with Gasteiger partial charge in [-0.05, 0) is 73.7 Å². The van der Waals surface area contributed by atoms with Crippen LogP contribution in [0.3, 0.4) is 0 Å². The summed E-state index contributed by atoms with van der Waals surface area (Å²) in [6.07, 6.45) is -0.771. The maximum absolute atomic E-state index is 12.4. The summed E-state index contributed by atoms with van der Waals surface area (Å²) >= 11 is 0. The van der Waals surface area contributed by atoms with Crippen LogP contribution in [0.1, 0.15) is 22.8 Å². The number of nitrogens with zero attached hydrogens (tertiary/aromatic N) is 1. The molecule has 0 saturated heterocycles. The Balaban J connectivity index is 1.56. The lowest BCUT2D eigenvalue weighted by Gasteiger charge is -2.15. The molecule has 2 N–H and O–H groups in total. The second-order valence-corrected chi connectivity index (χ2v) is 6.65. The summed E-state index contributed by atoms with van der Waals surface area (Å²) in [5.41, 5.74) is 2.09. The van der Waals surface area contributed by atoms with E-state index in [2.05, 4.69) is 10.6 Å². The fourth-order valence-electron chi connectivity index (χ4n) is 2.72. The van der Waals surface area contributed by atoms with Crippen LogP contribution in [0.5, 0.6) is 11.5 Å². The first-order chi connectivity index (χ1) is 15.0. The highest BCUT2D eigenvalue weighted by Crippen LogP contribution is 2.18. The molecule has 3 aromatic rings. The molecule has 0 bridgehead atoms. The van der Waals surface area contributed by atoms with Gasteiger partial charge >= 0.3 is 0 Å². The number of anilines is 2. The minimum Gasteiger partial charge on any atom is -0.497 e. The Morgan fingerprint density at radius 3 is 2.19 bits per heavy atom. The second kappa shape index (κ2) is 9.94. The molecule has 0 radical (unpaired) electrons. The molecule has 2 amide bonds. The molecule has 0 aromatic heterocycles. The SMILES string of the molecule is COc1ccc(NC(=O)c2ccc(NC(=O)C(C)Oc3cccc(C#N)c3)cc2)cc1. The fourth-order valence-corrected chi connectivity index (χ4v) is 2.72. The van der Waals surface area contributed by atoms with Gasteiger partial charge in [-0.2, -0.15) is 5.26 Å². The van der Waals surface area contributed by atoms with Crippen molar-refractivity contribution in [3.05, 3.63) is 83.9 Å². The van der Waals surface area contributed by atoms with E-state index in [4.69, 9.17) is 14.7 Å². The van der Waals surface area contributed by atoms with Crippen molar-refractivity contribution in [3.63, 3.8) is 0 Å². The van der Waals surface area contributed by atoms with Gasteiger partial charge in [-0.3, -0.25) is 9.59 Å². The monoisotopic (exact) mass is 415 g/mol. The third-order valence-electron chi connectivity index (χ3n) is 4.41. The quantitative estimate of drug-likeness (QED) is 0.602.